The van der Waals surface area contributed by atoms with E-state index in [0.29, 0.717) is 5.56 Å². The molecule has 0 aliphatic carbocycles. The first-order valence-electron chi connectivity index (χ1n) is 3.99. The lowest BCUT2D eigenvalue weighted by molar-refractivity contribution is 0.0697. The van der Waals surface area contributed by atoms with Gasteiger partial charge >= 0.3 is 5.97 Å². The largest absolute Gasteiger partial charge is 0.478 e. The zero-order valence-electron chi connectivity index (χ0n) is 7.31. The van der Waals surface area contributed by atoms with Crippen molar-refractivity contribution >= 4 is 29.1 Å². The number of fused-ring (bicyclic) bond motifs is 1. The zero-order valence-corrected chi connectivity index (χ0v) is 8.12. The second-order valence-corrected chi connectivity index (χ2v) is 2.87. The van der Waals surface area contributed by atoms with Crippen molar-refractivity contribution in [3.63, 3.8) is 0 Å². The van der Waals surface area contributed by atoms with Gasteiger partial charge in [0, 0.05) is 0 Å². The molecule has 0 spiro atoms. The van der Waals surface area contributed by atoms with Gasteiger partial charge in [0.2, 0.25) is 0 Å². The van der Waals surface area contributed by atoms with Gasteiger partial charge in [-0.1, -0.05) is 30.3 Å². The molecule has 0 aliphatic heterocycles. The van der Waals surface area contributed by atoms with Crippen LogP contribution in [0.2, 0.25) is 0 Å². The van der Waals surface area contributed by atoms with Crippen molar-refractivity contribution in [2.45, 2.75) is 0 Å². The molecule has 2 rings (SSSR count). The Balaban J connectivity index is 0.000000980. The fourth-order valence-electron chi connectivity index (χ4n) is 1.32. The van der Waals surface area contributed by atoms with E-state index in [1.165, 1.54) is 0 Å². The Morgan fingerprint density at radius 3 is 2.29 bits per heavy atom. The molecule has 1 N–H and O–H groups in total. The Morgan fingerprint density at radius 1 is 1.00 bits per heavy atom. The lowest BCUT2D eigenvalue weighted by atomic mass is 10.1. The highest BCUT2D eigenvalue weighted by Gasteiger charge is 2.01. The van der Waals surface area contributed by atoms with Crippen molar-refractivity contribution in [2.24, 2.45) is 0 Å². The molecule has 0 radical (unpaired) electrons. The van der Waals surface area contributed by atoms with Crippen LogP contribution in [-0.4, -0.2) is 11.1 Å². The summed E-state index contributed by atoms with van der Waals surface area (Å²) in [5.41, 5.74) is 0.332. The highest BCUT2D eigenvalue weighted by Crippen LogP contribution is 2.15. The molecule has 2 aromatic carbocycles. The van der Waals surface area contributed by atoms with Gasteiger partial charge in [0.05, 0.1) is 5.56 Å². The summed E-state index contributed by atoms with van der Waals surface area (Å²) in [5, 5.41) is 10.8. The first-order chi connectivity index (χ1) is 6.27. The van der Waals surface area contributed by atoms with Crippen molar-refractivity contribution in [3.05, 3.63) is 48.0 Å². The molecule has 0 saturated heterocycles. The minimum Gasteiger partial charge on any atom is -0.478 e. The van der Waals surface area contributed by atoms with Crippen LogP contribution < -0.4 is 0 Å². The summed E-state index contributed by atoms with van der Waals surface area (Å²) in [7, 11) is 0. The molecule has 0 amide bonds. The smallest absolute Gasteiger partial charge is 0.335 e. The molecule has 0 bridgehead atoms. The van der Waals surface area contributed by atoms with Gasteiger partial charge in [-0.15, -0.1) is 12.4 Å². The Bertz CT molecular complexity index is 466. The van der Waals surface area contributed by atoms with Crippen molar-refractivity contribution in [1.29, 1.82) is 0 Å². The molecule has 0 aliphatic rings. The van der Waals surface area contributed by atoms with Crippen LogP contribution in [0.1, 0.15) is 10.4 Å². The molecule has 0 atom stereocenters. The maximum atomic E-state index is 10.6. The van der Waals surface area contributed by atoms with E-state index in [0.717, 1.165) is 10.8 Å². The molecule has 2 nitrogen and oxygen atoms in total. The van der Waals surface area contributed by atoms with Crippen LogP contribution in [0.5, 0.6) is 0 Å². The Kier molecular flexibility index (Phi) is 3.10. The third-order valence-corrected chi connectivity index (χ3v) is 2.00. The van der Waals surface area contributed by atoms with Gasteiger partial charge in [-0.05, 0) is 22.9 Å². The van der Waals surface area contributed by atoms with Crippen LogP contribution in [0.15, 0.2) is 42.5 Å². The molecule has 0 aromatic heterocycles. The van der Waals surface area contributed by atoms with Gasteiger partial charge < -0.3 is 5.11 Å². The third kappa shape index (κ3) is 1.86. The summed E-state index contributed by atoms with van der Waals surface area (Å²) in [6.45, 7) is 0. The highest BCUT2D eigenvalue weighted by atomic mass is 35.5. The summed E-state index contributed by atoms with van der Waals surface area (Å²) >= 11 is 0. The van der Waals surface area contributed by atoms with Crippen LogP contribution in [-0.2, 0) is 0 Å². The average molecular weight is 209 g/mol. The van der Waals surface area contributed by atoms with E-state index in [2.05, 4.69) is 0 Å². The quantitative estimate of drug-likeness (QED) is 0.783. The molecule has 0 fully saturated rings. The monoisotopic (exact) mass is 208 g/mol. The minimum atomic E-state index is -0.884. The fraction of sp³-hybridized carbons (Fsp3) is 0. The highest BCUT2D eigenvalue weighted by molar-refractivity contribution is 5.94. The van der Waals surface area contributed by atoms with Crippen LogP contribution in [0.3, 0.4) is 0 Å². The number of carboxylic acid groups (broad SMARTS) is 1. The number of hydrogen-bond acceptors (Lipinski definition) is 1. The van der Waals surface area contributed by atoms with Crippen LogP contribution in [0.4, 0.5) is 0 Å². The van der Waals surface area contributed by atoms with E-state index in [4.69, 9.17) is 5.11 Å². The van der Waals surface area contributed by atoms with Crippen molar-refractivity contribution in [1.82, 2.24) is 0 Å². The summed E-state index contributed by atoms with van der Waals surface area (Å²) < 4.78 is 0. The van der Waals surface area contributed by atoms with Crippen molar-refractivity contribution in [3.8, 4) is 0 Å². The summed E-state index contributed by atoms with van der Waals surface area (Å²) in [4.78, 5) is 10.6. The lowest BCUT2D eigenvalue weighted by Gasteiger charge is -1.98. The van der Waals surface area contributed by atoms with Crippen molar-refractivity contribution < 1.29 is 9.90 Å². The van der Waals surface area contributed by atoms with E-state index < -0.39 is 5.97 Å². The number of hydrogen-bond donors (Lipinski definition) is 1. The third-order valence-electron chi connectivity index (χ3n) is 2.00. The van der Waals surface area contributed by atoms with Gasteiger partial charge in [-0.3, -0.25) is 0 Å². The summed E-state index contributed by atoms with van der Waals surface area (Å²) in [5.74, 6) is -0.884. The second kappa shape index (κ2) is 4.11. The maximum Gasteiger partial charge on any atom is 0.335 e. The topological polar surface area (TPSA) is 37.3 Å². The molecule has 0 heterocycles. The average Bonchev–Trinajstić information content (AvgIpc) is 2.17. The molecule has 3 heteroatoms. The van der Waals surface area contributed by atoms with Crippen LogP contribution >= 0.6 is 12.4 Å². The van der Waals surface area contributed by atoms with Crippen LogP contribution in [0, 0.1) is 0 Å². The fourth-order valence-corrected chi connectivity index (χ4v) is 1.32. The molecular weight excluding hydrogens is 200 g/mol. The second-order valence-electron chi connectivity index (χ2n) is 2.87. The first-order valence-corrected chi connectivity index (χ1v) is 3.99. The van der Waals surface area contributed by atoms with Gasteiger partial charge in [0.25, 0.3) is 0 Å². The standard InChI is InChI=1S/C11H8O2.ClH/c12-11(13)10-6-5-8-3-1-2-4-9(8)7-10;/h1-7H,(H,12,13);1H. The summed E-state index contributed by atoms with van der Waals surface area (Å²) in [6.07, 6.45) is 0. The first kappa shape index (κ1) is 10.5. The minimum absolute atomic E-state index is 0. The van der Waals surface area contributed by atoms with E-state index in [1.54, 1.807) is 12.1 Å². The Morgan fingerprint density at radius 2 is 1.64 bits per heavy atom. The normalized spacial score (nSPS) is 9.43. The predicted octanol–water partition coefficient (Wildman–Crippen LogP) is 2.96. The molecule has 2 aromatic rings. The number of rotatable bonds is 1. The molecule has 14 heavy (non-hydrogen) atoms. The SMILES string of the molecule is Cl.O=C(O)c1ccc2ccccc2c1. The van der Waals surface area contributed by atoms with Gasteiger partial charge in [0.1, 0.15) is 0 Å². The van der Waals surface area contributed by atoms with Gasteiger partial charge in [-0.2, -0.15) is 0 Å². The molecule has 0 unspecified atom stereocenters. The number of carboxylic acids is 1. The van der Waals surface area contributed by atoms with Crippen LogP contribution in [0.25, 0.3) is 10.8 Å². The molecule has 0 saturated carbocycles. The maximum absolute atomic E-state index is 10.6. The molecular formula is C11H9ClO2. The lowest BCUT2D eigenvalue weighted by Crippen LogP contribution is -1.94. The van der Waals surface area contributed by atoms with E-state index in [9.17, 15) is 4.79 Å². The van der Waals surface area contributed by atoms with E-state index in [1.807, 2.05) is 30.3 Å². The number of halogens is 1. The molecule has 72 valence electrons. The number of benzene rings is 2. The van der Waals surface area contributed by atoms with Gasteiger partial charge in [0.15, 0.2) is 0 Å². The number of carbonyl (C=O) groups is 1. The Hall–Kier alpha value is -1.54. The number of aromatic carboxylic acids is 1. The predicted molar refractivity (Wildman–Crippen MR) is 58.2 cm³/mol. The Labute approximate surface area is 87.6 Å². The van der Waals surface area contributed by atoms with E-state index >= 15 is 0 Å². The van der Waals surface area contributed by atoms with E-state index in [-0.39, 0.29) is 12.4 Å². The zero-order chi connectivity index (χ0) is 9.26. The summed E-state index contributed by atoms with van der Waals surface area (Å²) in [6, 6.07) is 12.8. The van der Waals surface area contributed by atoms with Crippen molar-refractivity contribution in [2.75, 3.05) is 0 Å². The van der Waals surface area contributed by atoms with Gasteiger partial charge in [-0.25, -0.2) is 4.79 Å².